The lowest BCUT2D eigenvalue weighted by Crippen LogP contribution is -2.42. The number of rotatable bonds is 6. The van der Waals surface area contributed by atoms with Gasteiger partial charge >= 0.3 is 0 Å². The second kappa shape index (κ2) is 5.66. The van der Waals surface area contributed by atoms with Crippen LogP contribution in [0.2, 0.25) is 0 Å². The quantitative estimate of drug-likeness (QED) is 0.605. The Morgan fingerprint density at radius 3 is 2.93 bits per heavy atom. The second-order valence-corrected chi connectivity index (χ2v) is 3.83. The van der Waals surface area contributed by atoms with Crippen LogP contribution < -0.4 is 10.6 Å². The Kier molecular flexibility index (Phi) is 4.48. The third-order valence-corrected chi connectivity index (χ3v) is 2.46. The van der Waals surface area contributed by atoms with Crippen molar-refractivity contribution in [1.29, 1.82) is 0 Å². The first-order chi connectivity index (χ1) is 6.74. The second-order valence-electron chi connectivity index (χ2n) is 3.83. The van der Waals surface area contributed by atoms with Gasteiger partial charge in [-0.25, -0.2) is 0 Å². The fraction of sp³-hybridized carbons (Fsp3) is 0.727. The summed E-state index contributed by atoms with van der Waals surface area (Å²) in [6.45, 7) is 3.10. The molecule has 0 aliphatic heterocycles. The van der Waals surface area contributed by atoms with Gasteiger partial charge in [0.2, 0.25) is 5.91 Å². The molecule has 78 valence electrons. The zero-order valence-corrected chi connectivity index (χ0v) is 8.68. The van der Waals surface area contributed by atoms with E-state index < -0.39 is 0 Å². The minimum Gasteiger partial charge on any atom is -0.344 e. The molecule has 0 radical (unpaired) electrons. The highest BCUT2D eigenvalue weighted by Gasteiger charge is 2.21. The minimum atomic E-state index is -0.137. The van der Waals surface area contributed by atoms with E-state index in [1.165, 1.54) is 19.3 Å². The van der Waals surface area contributed by atoms with Crippen molar-refractivity contribution in [3.63, 3.8) is 0 Å². The first-order valence-electron chi connectivity index (χ1n) is 5.18. The average Bonchev–Trinajstić information content (AvgIpc) is 2.97. The molecule has 0 aromatic heterocycles. The number of carbonyl (C=O) groups is 1. The molecule has 0 aromatic carbocycles. The van der Waals surface area contributed by atoms with Gasteiger partial charge in [0.25, 0.3) is 0 Å². The molecule has 0 saturated heterocycles. The van der Waals surface area contributed by atoms with Gasteiger partial charge in [0.15, 0.2) is 0 Å². The monoisotopic (exact) mass is 194 g/mol. The van der Waals surface area contributed by atoms with Crippen molar-refractivity contribution in [1.82, 2.24) is 10.6 Å². The van der Waals surface area contributed by atoms with Crippen molar-refractivity contribution < 1.29 is 4.79 Å². The van der Waals surface area contributed by atoms with Gasteiger partial charge in [0.1, 0.15) is 0 Å². The van der Waals surface area contributed by atoms with Crippen LogP contribution in [0.15, 0.2) is 0 Å². The number of carbonyl (C=O) groups excluding carboxylic acids is 1. The van der Waals surface area contributed by atoms with Crippen molar-refractivity contribution in [3.8, 4) is 12.3 Å². The molecule has 1 aliphatic carbocycles. The molecule has 1 aliphatic rings. The van der Waals surface area contributed by atoms with Crippen LogP contribution in [0.4, 0.5) is 0 Å². The summed E-state index contributed by atoms with van der Waals surface area (Å²) in [7, 11) is 0. The summed E-state index contributed by atoms with van der Waals surface area (Å²) >= 11 is 0. The van der Waals surface area contributed by atoms with E-state index >= 15 is 0 Å². The molecule has 14 heavy (non-hydrogen) atoms. The Labute approximate surface area is 85.6 Å². The zero-order valence-electron chi connectivity index (χ0n) is 8.68. The number of amides is 1. The Bertz CT molecular complexity index is 228. The molecule has 3 nitrogen and oxygen atoms in total. The maximum atomic E-state index is 11.3. The van der Waals surface area contributed by atoms with Gasteiger partial charge in [-0.2, -0.15) is 0 Å². The van der Waals surface area contributed by atoms with E-state index in [-0.39, 0.29) is 11.9 Å². The van der Waals surface area contributed by atoms with Crippen molar-refractivity contribution in [2.45, 2.75) is 32.2 Å². The summed E-state index contributed by atoms with van der Waals surface area (Å²) in [5, 5.41) is 5.83. The van der Waals surface area contributed by atoms with E-state index in [0.29, 0.717) is 6.54 Å². The number of terminal acetylenes is 1. The molecule has 1 fully saturated rings. The largest absolute Gasteiger partial charge is 0.344 e. The van der Waals surface area contributed by atoms with E-state index in [4.69, 9.17) is 6.42 Å². The van der Waals surface area contributed by atoms with E-state index in [2.05, 4.69) is 16.6 Å². The topological polar surface area (TPSA) is 41.1 Å². The van der Waals surface area contributed by atoms with Crippen molar-refractivity contribution >= 4 is 5.91 Å². The Balaban J connectivity index is 2.03. The van der Waals surface area contributed by atoms with Gasteiger partial charge < -0.3 is 10.6 Å². The predicted octanol–water partition coefficient (Wildman–Crippen LogP) is 0.514. The third-order valence-electron chi connectivity index (χ3n) is 2.46. The maximum Gasteiger partial charge on any atom is 0.237 e. The molecule has 0 aromatic rings. The smallest absolute Gasteiger partial charge is 0.237 e. The fourth-order valence-electron chi connectivity index (χ4n) is 1.29. The molecule has 2 N–H and O–H groups in total. The lowest BCUT2D eigenvalue weighted by Gasteiger charge is -2.12. The Morgan fingerprint density at radius 2 is 2.36 bits per heavy atom. The molecule has 0 heterocycles. The lowest BCUT2D eigenvalue weighted by molar-refractivity contribution is -0.122. The van der Waals surface area contributed by atoms with E-state index in [0.717, 1.165) is 12.5 Å². The maximum absolute atomic E-state index is 11.3. The molecule has 0 spiro atoms. The van der Waals surface area contributed by atoms with Crippen LogP contribution in [-0.2, 0) is 4.79 Å². The average molecular weight is 194 g/mol. The Morgan fingerprint density at radius 1 is 1.64 bits per heavy atom. The van der Waals surface area contributed by atoms with Crippen LogP contribution in [0.3, 0.4) is 0 Å². The van der Waals surface area contributed by atoms with Crippen LogP contribution in [0.5, 0.6) is 0 Å². The molecular weight excluding hydrogens is 176 g/mol. The van der Waals surface area contributed by atoms with Gasteiger partial charge in [0, 0.05) is 0 Å². The van der Waals surface area contributed by atoms with Crippen LogP contribution >= 0.6 is 0 Å². The van der Waals surface area contributed by atoms with Gasteiger partial charge in [-0.1, -0.05) is 18.8 Å². The van der Waals surface area contributed by atoms with E-state index in [1.54, 1.807) is 0 Å². The Hall–Kier alpha value is -1.01. The van der Waals surface area contributed by atoms with E-state index in [1.807, 2.05) is 6.92 Å². The van der Waals surface area contributed by atoms with Crippen LogP contribution in [-0.4, -0.2) is 25.0 Å². The molecule has 3 heteroatoms. The first-order valence-corrected chi connectivity index (χ1v) is 5.18. The van der Waals surface area contributed by atoms with E-state index in [9.17, 15) is 4.79 Å². The molecule has 1 rings (SSSR count). The predicted molar refractivity (Wildman–Crippen MR) is 56.6 cm³/mol. The molecule has 1 amide bonds. The number of hydrogen-bond acceptors (Lipinski definition) is 2. The molecule has 1 saturated carbocycles. The number of nitrogens with one attached hydrogen (secondary N) is 2. The molecular formula is C11H18N2O. The highest BCUT2D eigenvalue weighted by Crippen LogP contribution is 2.31. The third kappa shape index (κ3) is 4.29. The standard InChI is InChI=1S/C11H18N2O/c1-3-7-13-11(14)9(2)12-8-6-10-4-5-10/h1,9-10,12H,4-8H2,2H3,(H,13,14). The summed E-state index contributed by atoms with van der Waals surface area (Å²) in [4.78, 5) is 11.3. The highest BCUT2D eigenvalue weighted by atomic mass is 16.2. The summed E-state index contributed by atoms with van der Waals surface area (Å²) in [5.74, 6) is 3.27. The first kappa shape index (κ1) is 11.1. The van der Waals surface area contributed by atoms with Crippen LogP contribution in [0.25, 0.3) is 0 Å². The summed E-state index contributed by atoms with van der Waals surface area (Å²) in [6, 6.07) is -0.137. The zero-order chi connectivity index (χ0) is 10.4. The lowest BCUT2D eigenvalue weighted by atomic mass is 10.2. The van der Waals surface area contributed by atoms with Crippen molar-refractivity contribution in [2.75, 3.05) is 13.1 Å². The van der Waals surface area contributed by atoms with Crippen LogP contribution in [0.1, 0.15) is 26.2 Å². The van der Waals surface area contributed by atoms with Gasteiger partial charge in [0.05, 0.1) is 12.6 Å². The minimum absolute atomic E-state index is 0.0150. The summed E-state index contributed by atoms with van der Waals surface area (Å²) < 4.78 is 0. The fourth-order valence-corrected chi connectivity index (χ4v) is 1.29. The van der Waals surface area contributed by atoms with Gasteiger partial charge in [-0.05, 0) is 25.8 Å². The SMILES string of the molecule is C#CCNC(=O)C(C)NCCC1CC1. The van der Waals surface area contributed by atoms with Crippen LogP contribution in [0, 0.1) is 18.3 Å². The number of hydrogen-bond donors (Lipinski definition) is 2. The van der Waals surface area contributed by atoms with Gasteiger partial charge in [-0.3, -0.25) is 4.79 Å². The molecule has 0 bridgehead atoms. The summed E-state index contributed by atoms with van der Waals surface area (Å²) in [6.07, 6.45) is 8.95. The van der Waals surface area contributed by atoms with Gasteiger partial charge in [-0.15, -0.1) is 6.42 Å². The highest BCUT2D eigenvalue weighted by molar-refractivity contribution is 5.81. The summed E-state index contributed by atoms with van der Waals surface area (Å²) in [5.41, 5.74) is 0. The van der Waals surface area contributed by atoms with Crippen molar-refractivity contribution in [3.05, 3.63) is 0 Å². The normalized spacial score (nSPS) is 17.1. The molecule has 1 atom stereocenters. The molecule has 1 unspecified atom stereocenters. The van der Waals surface area contributed by atoms with Crippen molar-refractivity contribution in [2.24, 2.45) is 5.92 Å².